The summed E-state index contributed by atoms with van der Waals surface area (Å²) in [7, 11) is 0. The standard InChI is InChI=1S/C26H26ClF3N4O4S/c1-25(13-4-14-31,24(37)39-21-12-9-17-5-2-3-6-20(17)33-21)34(38-23(36)26(28,29)30)22(35)19(32)15-16-7-10-18(27)11-8-16/h2-3,5-12,19H,4,13-15,31-32H2,1H3/t19-,25-/m0/s1. The second-order valence-electron chi connectivity index (χ2n) is 8.84. The Labute approximate surface area is 231 Å². The second-order valence-corrected chi connectivity index (χ2v) is 10.3. The molecule has 0 bridgehead atoms. The molecule has 3 rings (SSSR count). The summed E-state index contributed by atoms with van der Waals surface area (Å²) < 4.78 is 39.7. The van der Waals surface area contributed by atoms with E-state index in [0.29, 0.717) is 27.9 Å². The van der Waals surface area contributed by atoms with Gasteiger partial charge in [-0.2, -0.15) is 18.2 Å². The molecule has 1 amide bonds. The van der Waals surface area contributed by atoms with Gasteiger partial charge in [0, 0.05) is 10.4 Å². The van der Waals surface area contributed by atoms with Gasteiger partial charge in [-0.15, -0.1) is 0 Å². The fourth-order valence-electron chi connectivity index (χ4n) is 3.68. The molecule has 0 unspecified atom stereocenters. The summed E-state index contributed by atoms with van der Waals surface area (Å²) in [5.74, 6) is -3.86. The van der Waals surface area contributed by atoms with Crippen molar-refractivity contribution >= 4 is 51.3 Å². The number of halogens is 4. The van der Waals surface area contributed by atoms with Crippen molar-refractivity contribution in [2.24, 2.45) is 11.5 Å². The van der Waals surface area contributed by atoms with Crippen LogP contribution >= 0.6 is 23.4 Å². The summed E-state index contributed by atoms with van der Waals surface area (Å²) >= 11 is 6.48. The fourth-order valence-corrected chi connectivity index (χ4v) is 4.68. The zero-order valence-corrected chi connectivity index (χ0v) is 22.4. The Bertz CT molecular complexity index is 1340. The Morgan fingerprint density at radius 1 is 1.08 bits per heavy atom. The lowest BCUT2D eigenvalue weighted by Gasteiger charge is -2.38. The second kappa shape index (κ2) is 12.8. The highest BCUT2D eigenvalue weighted by molar-refractivity contribution is 8.13. The molecule has 0 fully saturated rings. The molecule has 0 radical (unpaired) electrons. The summed E-state index contributed by atoms with van der Waals surface area (Å²) in [5.41, 5.74) is 10.7. The van der Waals surface area contributed by atoms with Gasteiger partial charge in [0.1, 0.15) is 10.6 Å². The first-order valence-electron chi connectivity index (χ1n) is 11.8. The van der Waals surface area contributed by atoms with Crippen molar-refractivity contribution in [1.29, 1.82) is 0 Å². The van der Waals surface area contributed by atoms with E-state index < -0.39 is 34.7 Å². The number of aromatic nitrogens is 1. The van der Waals surface area contributed by atoms with Crippen molar-refractivity contribution < 1.29 is 32.4 Å². The molecule has 1 heterocycles. The summed E-state index contributed by atoms with van der Waals surface area (Å²) in [6, 6.07) is 15.2. The maximum absolute atomic E-state index is 13.6. The number of thioether (sulfide) groups is 1. The average Bonchev–Trinajstić information content (AvgIpc) is 2.90. The molecule has 0 saturated heterocycles. The average molecular weight is 583 g/mol. The Morgan fingerprint density at radius 3 is 2.38 bits per heavy atom. The minimum Gasteiger partial charge on any atom is -0.330 e. The van der Waals surface area contributed by atoms with Gasteiger partial charge in [-0.1, -0.05) is 48.0 Å². The summed E-state index contributed by atoms with van der Waals surface area (Å²) in [4.78, 5) is 47.9. The largest absolute Gasteiger partial charge is 0.493 e. The van der Waals surface area contributed by atoms with Crippen molar-refractivity contribution in [1.82, 2.24) is 10.0 Å². The van der Waals surface area contributed by atoms with Crippen molar-refractivity contribution in [3.8, 4) is 0 Å². The number of carbonyl (C=O) groups is 3. The first-order valence-corrected chi connectivity index (χ1v) is 13.0. The minimum atomic E-state index is -5.44. The van der Waals surface area contributed by atoms with Gasteiger partial charge in [0.05, 0.1) is 11.6 Å². The number of alkyl halides is 3. The summed E-state index contributed by atoms with van der Waals surface area (Å²) in [6.45, 7) is 1.25. The van der Waals surface area contributed by atoms with Gasteiger partial charge in [0.15, 0.2) is 0 Å². The van der Waals surface area contributed by atoms with Gasteiger partial charge in [-0.05, 0) is 74.3 Å². The number of benzene rings is 2. The third kappa shape index (κ3) is 7.69. The van der Waals surface area contributed by atoms with Crippen molar-refractivity contribution in [3.63, 3.8) is 0 Å². The maximum Gasteiger partial charge on any atom is 0.493 e. The number of carbonyl (C=O) groups excluding carboxylic acids is 3. The van der Waals surface area contributed by atoms with E-state index in [1.807, 2.05) is 12.1 Å². The van der Waals surface area contributed by atoms with E-state index in [1.165, 1.54) is 6.92 Å². The number of rotatable bonds is 9. The molecule has 13 heteroatoms. The predicted molar refractivity (Wildman–Crippen MR) is 141 cm³/mol. The van der Waals surface area contributed by atoms with E-state index in [-0.39, 0.29) is 35.9 Å². The smallest absolute Gasteiger partial charge is 0.330 e. The molecule has 1 aromatic heterocycles. The maximum atomic E-state index is 13.6. The molecule has 3 aromatic rings. The number of nitrogens with two attached hydrogens (primary N) is 2. The van der Waals surface area contributed by atoms with Gasteiger partial charge in [-0.25, -0.2) is 9.78 Å². The van der Waals surface area contributed by atoms with Gasteiger partial charge >= 0.3 is 12.1 Å². The minimum absolute atomic E-state index is 0.0494. The first-order chi connectivity index (χ1) is 18.3. The molecule has 2 atom stereocenters. The molecule has 0 spiro atoms. The number of amides is 1. The molecule has 2 aromatic carbocycles. The van der Waals surface area contributed by atoms with Gasteiger partial charge < -0.3 is 16.3 Å². The van der Waals surface area contributed by atoms with Crippen LogP contribution in [0.15, 0.2) is 65.7 Å². The molecule has 8 nitrogen and oxygen atoms in total. The van der Waals surface area contributed by atoms with E-state index in [2.05, 4.69) is 9.82 Å². The Morgan fingerprint density at radius 2 is 1.74 bits per heavy atom. The van der Waals surface area contributed by atoms with Crippen LogP contribution in [0.25, 0.3) is 10.9 Å². The molecule has 0 saturated carbocycles. The number of pyridine rings is 1. The number of para-hydroxylation sites is 1. The van der Waals surface area contributed by atoms with E-state index in [0.717, 1.165) is 5.39 Å². The SMILES string of the molecule is C[C@](CCCN)(C(=O)Sc1ccc2ccccc2n1)N(OC(=O)C(F)(F)F)C(=O)[C@@H](N)Cc1ccc(Cl)cc1. The molecular formula is C26H26ClF3N4O4S. The highest BCUT2D eigenvalue weighted by Crippen LogP contribution is 2.34. The quantitative estimate of drug-likeness (QED) is 0.280. The van der Waals surface area contributed by atoms with Crippen LogP contribution in [0.5, 0.6) is 0 Å². The first kappa shape index (κ1) is 30.4. The van der Waals surface area contributed by atoms with Crippen LogP contribution < -0.4 is 11.5 Å². The Kier molecular flexibility index (Phi) is 9.94. The van der Waals surface area contributed by atoms with Crippen LogP contribution in [0.4, 0.5) is 13.2 Å². The zero-order chi connectivity index (χ0) is 28.8. The van der Waals surface area contributed by atoms with Crippen molar-refractivity contribution in [3.05, 3.63) is 71.2 Å². The topological polar surface area (TPSA) is 129 Å². The Hall–Kier alpha value is -3.19. The molecule has 4 N–H and O–H groups in total. The zero-order valence-electron chi connectivity index (χ0n) is 20.8. The van der Waals surface area contributed by atoms with Gasteiger partial charge in [0.25, 0.3) is 5.91 Å². The molecule has 0 aliphatic heterocycles. The number of hydrogen-bond acceptors (Lipinski definition) is 8. The van der Waals surface area contributed by atoms with E-state index in [1.54, 1.807) is 48.5 Å². The number of nitrogens with zero attached hydrogens (tertiary/aromatic N) is 2. The van der Waals surface area contributed by atoms with E-state index in [4.69, 9.17) is 23.1 Å². The number of hydrogen-bond donors (Lipinski definition) is 2. The predicted octanol–water partition coefficient (Wildman–Crippen LogP) is 4.42. The molecule has 0 aliphatic rings. The lowest BCUT2D eigenvalue weighted by atomic mass is 9.95. The van der Waals surface area contributed by atoms with Crippen LogP contribution in [0.2, 0.25) is 5.02 Å². The third-order valence-electron chi connectivity index (χ3n) is 5.82. The molecule has 0 aliphatic carbocycles. The summed E-state index contributed by atoms with van der Waals surface area (Å²) in [6.07, 6.45) is -5.67. The highest BCUT2D eigenvalue weighted by atomic mass is 35.5. The van der Waals surface area contributed by atoms with E-state index >= 15 is 0 Å². The lowest BCUT2D eigenvalue weighted by molar-refractivity contribution is -0.251. The van der Waals surface area contributed by atoms with Crippen LogP contribution in [-0.4, -0.2) is 51.3 Å². The highest BCUT2D eigenvalue weighted by Gasteiger charge is 2.51. The number of hydroxylamine groups is 2. The Balaban J connectivity index is 1.97. The van der Waals surface area contributed by atoms with E-state index in [9.17, 15) is 27.6 Å². The molecule has 39 heavy (non-hydrogen) atoms. The fraction of sp³-hybridized carbons (Fsp3) is 0.308. The van der Waals surface area contributed by atoms with Crippen molar-refractivity contribution in [2.75, 3.05) is 6.54 Å². The summed E-state index contributed by atoms with van der Waals surface area (Å²) in [5, 5.41) is 0.830. The van der Waals surface area contributed by atoms with Gasteiger partial charge in [-0.3, -0.25) is 9.59 Å². The van der Waals surface area contributed by atoms with Crippen LogP contribution in [0, 0.1) is 0 Å². The monoisotopic (exact) mass is 582 g/mol. The van der Waals surface area contributed by atoms with Crippen LogP contribution in [0.3, 0.4) is 0 Å². The molecular weight excluding hydrogens is 557 g/mol. The normalized spacial score (nSPS) is 13.9. The lowest BCUT2D eigenvalue weighted by Crippen LogP contribution is -2.60. The van der Waals surface area contributed by atoms with Crippen LogP contribution in [0.1, 0.15) is 25.3 Å². The third-order valence-corrected chi connectivity index (χ3v) is 7.13. The van der Waals surface area contributed by atoms with Crippen molar-refractivity contribution in [2.45, 2.75) is 49.0 Å². The van der Waals surface area contributed by atoms with Gasteiger partial charge in [0.2, 0.25) is 5.12 Å². The van der Waals surface area contributed by atoms with Crippen LogP contribution in [-0.2, 0) is 25.6 Å². The molecule has 208 valence electrons. The number of fused-ring (bicyclic) bond motifs is 1.